The van der Waals surface area contributed by atoms with Crippen molar-refractivity contribution in [3.63, 3.8) is 0 Å². The van der Waals surface area contributed by atoms with Crippen LogP contribution < -0.4 is 0 Å². The molecule has 5 nitrogen and oxygen atoms in total. The summed E-state index contributed by atoms with van der Waals surface area (Å²) in [6, 6.07) is -1.06. The number of hydrogen-bond donors (Lipinski definition) is 0. The predicted octanol–water partition coefficient (Wildman–Crippen LogP) is 9.75. The second-order valence-electron chi connectivity index (χ2n) is 13.5. The number of nitrogens with zero attached hydrogens (tertiary/aromatic N) is 2. The number of morpholine rings is 1. The highest BCUT2D eigenvalue weighted by Gasteiger charge is 2.46. The van der Waals surface area contributed by atoms with Gasteiger partial charge in [-0.25, -0.2) is 8.42 Å². The SMILES string of the molecule is C.C.CC(C)CC(C)C.CC(C)N1CCOC[C@@H]1C(F)(F)F.CC(C)N1CCS(=O)(=O)[C@@H](C)C1.CC[C@@H](CC(C)C)C(F)(F)F. The Morgan fingerprint density at radius 1 is 0.778 bits per heavy atom. The number of hydrogen-bond acceptors (Lipinski definition) is 5. The van der Waals surface area contributed by atoms with Gasteiger partial charge in [-0.15, -0.1) is 0 Å². The van der Waals surface area contributed by atoms with Crippen LogP contribution in [0.3, 0.4) is 0 Å². The lowest BCUT2D eigenvalue weighted by Crippen LogP contribution is -2.55. The Hall–Kier alpha value is -0.590. The van der Waals surface area contributed by atoms with Gasteiger partial charge < -0.3 is 4.74 Å². The van der Waals surface area contributed by atoms with Crippen molar-refractivity contribution >= 4 is 9.84 Å². The van der Waals surface area contributed by atoms with Crippen LogP contribution >= 0.6 is 0 Å². The van der Waals surface area contributed by atoms with Gasteiger partial charge in [0.05, 0.1) is 30.1 Å². The topological polar surface area (TPSA) is 49.9 Å². The van der Waals surface area contributed by atoms with Gasteiger partial charge in [0, 0.05) is 31.7 Å². The Labute approximate surface area is 274 Å². The van der Waals surface area contributed by atoms with Crippen LogP contribution in [0.25, 0.3) is 0 Å². The Morgan fingerprint density at radius 2 is 1.24 bits per heavy atom. The first kappa shape index (κ1) is 51.2. The maximum absolute atomic E-state index is 12.4. The number of ether oxygens (including phenoxy) is 1. The van der Waals surface area contributed by atoms with E-state index in [1.807, 2.05) is 13.8 Å². The Balaban J connectivity index is -0.000000250. The third-order valence-corrected chi connectivity index (χ3v) is 9.49. The zero-order chi connectivity index (χ0) is 34.3. The van der Waals surface area contributed by atoms with Gasteiger partial charge in [0.1, 0.15) is 6.04 Å². The van der Waals surface area contributed by atoms with E-state index in [4.69, 9.17) is 4.74 Å². The van der Waals surface area contributed by atoms with E-state index in [-0.39, 0.29) is 51.5 Å². The molecule has 2 aliphatic rings. The summed E-state index contributed by atoms with van der Waals surface area (Å²) in [6.45, 7) is 25.7. The van der Waals surface area contributed by atoms with Crippen LogP contribution in [0.1, 0.15) is 117 Å². The molecule has 3 atom stereocenters. The van der Waals surface area contributed by atoms with Gasteiger partial charge in [0.15, 0.2) is 9.84 Å². The lowest BCUT2D eigenvalue weighted by molar-refractivity contribution is -0.216. The first-order valence-electron chi connectivity index (χ1n) is 15.8. The second kappa shape index (κ2) is 23.7. The number of rotatable bonds is 7. The molecule has 2 heterocycles. The van der Waals surface area contributed by atoms with Crippen LogP contribution in [0.4, 0.5) is 26.3 Å². The summed E-state index contributed by atoms with van der Waals surface area (Å²) in [5.74, 6) is 1.09. The van der Waals surface area contributed by atoms with Crippen molar-refractivity contribution in [3.05, 3.63) is 0 Å². The fourth-order valence-electron chi connectivity index (χ4n) is 5.01. The summed E-state index contributed by atoms with van der Waals surface area (Å²) in [4.78, 5) is 3.65. The molecule has 2 saturated heterocycles. The minimum atomic E-state index is -4.18. The molecule has 2 aliphatic heterocycles. The van der Waals surface area contributed by atoms with Crippen molar-refractivity contribution in [1.82, 2.24) is 9.80 Å². The number of alkyl halides is 6. The summed E-state index contributed by atoms with van der Waals surface area (Å²) >= 11 is 0. The predicted molar refractivity (Wildman–Crippen MR) is 180 cm³/mol. The normalized spacial score (nSPS) is 21.5. The van der Waals surface area contributed by atoms with Crippen LogP contribution in [-0.2, 0) is 14.6 Å². The van der Waals surface area contributed by atoms with Crippen LogP contribution in [0.5, 0.6) is 0 Å². The van der Waals surface area contributed by atoms with Gasteiger partial charge in [-0.2, -0.15) is 26.3 Å². The van der Waals surface area contributed by atoms with E-state index in [2.05, 4.69) is 46.4 Å². The molecule has 0 N–H and O–H groups in total. The van der Waals surface area contributed by atoms with Gasteiger partial charge >= 0.3 is 12.4 Å². The highest BCUT2D eigenvalue weighted by atomic mass is 32.2. The van der Waals surface area contributed by atoms with Gasteiger partial charge in [-0.3, -0.25) is 9.80 Å². The molecular formula is C33H70F6N2O3S. The quantitative estimate of drug-likeness (QED) is 0.249. The van der Waals surface area contributed by atoms with Crippen LogP contribution in [0.15, 0.2) is 0 Å². The molecule has 0 bridgehead atoms. The lowest BCUT2D eigenvalue weighted by Gasteiger charge is -2.39. The van der Waals surface area contributed by atoms with Gasteiger partial charge in [-0.05, 0) is 71.6 Å². The Kier molecular flexibility index (Phi) is 27.0. The maximum atomic E-state index is 12.4. The molecular weight excluding hydrogens is 618 g/mol. The van der Waals surface area contributed by atoms with Crippen LogP contribution in [0.2, 0.25) is 0 Å². The monoisotopic (exact) mass is 689 g/mol. The lowest BCUT2D eigenvalue weighted by atomic mass is 9.94. The molecule has 12 heteroatoms. The zero-order valence-electron chi connectivity index (χ0n) is 28.8. The molecule has 0 aromatic rings. The average molecular weight is 689 g/mol. The van der Waals surface area contributed by atoms with Crippen LogP contribution in [0, 0.1) is 23.7 Å². The number of halogens is 6. The van der Waals surface area contributed by atoms with Gasteiger partial charge in [0.2, 0.25) is 0 Å². The Bertz CT molecular complexity index is 810. The number of sulfone groups is 1. The molecule has 0 amide bonds. The highest BCUT2D eigenvalue weighted by molar-refractivity contribution is 7.92. The van der Waals surface area contributed by atoms with E-state index in [1.54, 1.807) is 27.7 Å². The highest BCUT2D eigenvalue weighted by Crippen LogP contribution is 2.33. The fraction of sp³-hybridized carbons (Fsp3) is 1.00. The zero-order valence-corrected chi connectivity index (χ0v) is 29.6. The third kappa shape index (κ3) is 23.4. The first-order chi connectivity index (χ1) is 19.4. The van der Waals surface area contributed by atoms with Gasteiger partial charge in [0.25, 0.3) is 0 Å². The minimum absolute atomic E-state index is 0. The molecule has 45 heavy (non-hydrogen) atoms. The largest absolute Gasteiger partial charge is 0.406 e. The van der Waals surface area contributed by atoms with Crippen molar-refractivity contribution in [1.29, 1.82) is 0 Å². The van der Waals surface area contributed by atoms with E-state index in [1.165, 1.54) is 11.3 Å². The Morgan fingerprint density at radius 3 is 1.49 bits per heavy atom. The fourth-order valence-corrected chi connectivity index (χ4v) is 6.32. The minimum Gasteiger partial charge on any atom is -0.378 e. The van der Waals surface area contributed by atoms with E-state index >= 15 is 0 Å². The molecule has 2 rings (SSSR count). The summed E-state index contributed by atoms with van der Waals surface area (Å²) in [5, 5.41) is -0.186. The standard InChI is InChI=1S/C8H14F3NO.C8H15F3.C8H17NO2S.C7H16.2CH4/c1-6(2)12-3-4-13-5-7(12)8(9,10)11;1-4-7(5-6(2)3)8(9,10)11;1-7(2)9-4-5-12(10,11)8(3)6-9;1-6(2)5-7(3)4;;/h6-7H,3-5H2,1-2H3;6-7H,4-5H2,1-3H3;7-8H,4-6H2,1-3H3;6-7H,5H2,1-4H3;2*1H4/t2*7-;8-;;;/m100.../s1. The molecule has 0 unspecified atom stereocenters. The summed E-state index contributed by atoms with van der Waals surface area (Å²) in [7, 11) is -2.77. The molecule has 0 saturated carbocycles. The summed E-state index contributed by atoms with van der Waals surface area (Å²) in [6.07, 6.45) is -6.37. The smallest absolute Gasteiger partial charge is 0.378 e. The summed E-state index contributed by atoms with van der Waals surface area (Å²) in [5.41, 5.74) is 0. The van der Waals surface area contributed by atoms with Crippen molar-refractivity contribution < 1.29 is 39.5 Å². The summed E-state index contributed by atoms with van der Waals surface area (Å²) < 4.78 is 101. The maximum Gasteiger partial charge on any atom is 0.406 e. The second-order valence-corrected chi connectivity index (χ2v) is 16.1. The van der Waals surface area contributed by atoms with E-state index in [0.717, 1.165) is 11.8 Å². The van der Waals surface area contributed by atoms with Gasteiger partial charge in [-0.1, -0.05) is 63.3 Å². The molecule has 278 valence electrons. The van der Waals surface area contributed by atoms with E-state index in [9.17, 15) is 34.8 Å². The van der Waals surface area contributed by atoms with Crippen molar-refractivity contribution in [3.8, 4) is 0 Å². The van der Waals surface area contributed by atoms with E-state index in [0.29, 0.717) is 38.0 Å². The van der Waals surface area contributed by atoms with Crippen molar-refractivity contribution in [2.75, 3.05) is 38.6 Å². The average Bonchev–Trinajstić information content (AvgIpc) is 2.83. The van der Waals surface area contributed by atoms with Crippen LogP contribution in [-0.4, -0.2) is 92.5 Å². The molecule has 0 spiro atoms. The molecule has 0 radical (unpaired) electrons. The van der Waals surface area contributed by atoms with E-state index < -0.39 is 34.1 Å². The first-order valence-corrected chi connectivity index (χ1v) is 17.5. The third-order valence-electron chi connectivity index (χ3n) is 7.36. The molecule has 0 aromatic heterocycles. The van der Waals surface area contributed by atoms with Crippen molar-refractivity contribution in [2.45, 2.75) is 153 Å². The molecule has 0 aliphatic carbocycles. The van der Waals surface area contributed by atoms with Crippen molar-refractivity contribution in [2.24, 2.45) is 23.7 Å². The molecule has 0 aromatic carbocycles. The molecule has 2 fully saturated rings.